The molecule has 0 amide bonds. The molecule has 3 atom stereocenters. The second-order valence-corrected chi connectivity index (χ2v) is 6.80. The fourth-order valence-corrected chi connectivity index (χ4v) is 3.97. The van der Waals surface area contributed by atoms with Gasteiger partial charge in [0.05, 0.1) is 13.2 Å². The smallest absolute Gasteiger partial charge is 0.0623 e. The van der Waals surface area contributed by atoms with Crippen molar-refractivity contribution >= 4 is 23.2 Å². The van der Waals surface area contributed by atoms with Crippen molar-refractivity contribution in [3.63, 3.8) is 0 Å². The molecule has 0 spiro atoms. The van der Waals surface area contributed by atoms with Crippen LogP contribution in [0.1, 0.15) is 24.8 Å². The Hall–Kier alpha value is -0.320. The van der Waals surface area contributed by atoms with Gasteiger partial charge in [0.15, 0.2) is 0 Å². The Bertz CT molecular complexity index is 477. The van der Waals surface area contributed by atoms with Crippen LogP contribution < -0.4 is 10.6 Å². The van der Waals surface area contributed by atoms with E-state index in [-0.39, 0.29) is 0 Å². The number of rotatable bonds is 4. The number of halogens is 2. The molecular formula is C16H22Cl2N2O. The highest BCUT2D eigenvalue weighted by Crippen LogP contribution is 2.30. The summed E-state index contributed by atoms with van der Waals surface area (Å²) < 4.78 is 5.61. The molecule has 1 saturated carbocycles. The van der Waals surface area contributed by atoms with Gasteiger partial charge >= 0.3 is 0 Å². The lowest BCUT2D eigenvalue weighted by atomic mass is 9.94. The predicted octanol–water partition coefficient (Wildman–Crippen LogP) is 3.24. The fraction of sp³-hybridized carbons (Fsp3) is 0.625. The summed E-state index contributed by atoms with van der Waals surface area (Å²) in [4.78, 5) is 0. The van der Waals surface area contributed by atoms with Crippen LogP contribution in [0.4, 0.5) is 0 Å². The molecule has 0 aromatic heterocycles. The van der Waals surface area contributed by atoms with E-state index in [1.807, 2.05) is 18.2 Å². The minimum absolute atomic E-state index is 0.486. The molecule has 1 heterocycles. The third-order valence-corrected chi connectivity index (χ3v) is 5.19. The van der Waals surface area contributed by atoms with Gasteiger partial charge in [-0.1, -0.05) is 35.7 Å². The molecule has 2 aliphatic rings. The Labute approximate surface area is 136 Å². The van der Waals surface area contributed by atoms with Gasteiger partial charge in [-0.3, -0.25) is 0 Å². The molecule has 2 N–H and O–H groups in total. The van der Waals surface area contributed by atoms with Gasteiger partial charge < -0.3 is 15.4 Å². The maximum absolute atomic E-state index is 6.24. The van der Waals surface area contributed by atoms with Crippen LogP contribution in [0.5, 0.6) is 0 Å². The van der Waals surface area contributed by atoms with E-state index in [0.717, 1.165) is 36.9 Å². The zero-order valence-corrected chi connectivity index (χ0v) is 13.6. The van der Waals surface area contributed by atoms with Crippen LogP contribution in [0, 0.1) is 5.92 Å². The van der Waals surface area contributed by atoms with E-state index in [4.69, 9.17) is 27.9 Å². The van der Waals surface area contributed by atoms with Crippen molar-refractivity contribution in [2.24, 2.45) is 5.92 Å². The maximum Gasteiger partial charge on any atom is 0.0623 e. The molecule has 1 aliphatic heterocycles. The number of ether oxygens (including phenoxy) is 1. The van der Waals surface area contributed by atoms with Gasteiger partial charge in [-0.2, -0.15) is 0 Å². The number of hydrogen-bond acceptors (Lipinski definition) is 3. The second-order valence-electron chi connectivity index (χ2n) is 5.95. The molecular weight excluding hydrogens is 307 g/mol. The van der Waals surface area contributed by atoms with Crippen molar-refractivity contribution in [2.45, 2.75) is 37.9 Å². The Morgan fingerprint density at radius 2 is 2.19 bits per heavy atom. The highest BCUT2D eigenvalue weighted by Gasteiger charge is 2.34. The van der Waals surface area contributed by atoms with Crippen LogP contribution in [0.3, 0.4) is 0 Å². The van der Waals surface area contributed by atoms with E-state index in [9.17, 15) is 0 Å². The Balaban J connectivity index is 1.58. The lowest BCUT2D eigenvalue weighted by Crippen LogP contribution is -2.50. The van der Waals surface area contributed by atoms with Gasteiger partial charge in [-0.15, -0.1) is 0 Å². The second kappa shape index (κ2) is 7.30. The molecule has 116 valence electrons. The first kappa shape index (κ1) is 15.6. The summed E-state index contributed by atoms with van der Waals surface area (Å²) >= 11 is 12.2. The normalized spacial score (nSPS) is 29.7. The number of nitrogens with one attached hydrogen (secondary N) is 2. The summed E-state index contributed by atoms with van der Waals surface area (Å²) in [5.74, 6) is 0.649. The van der Waals surface area contributed by atoms with E-state index in [2.05, 4.69) is 10.6 Å². The zero-order chi connectivity index (χ0) is 14.7. The molecule has 5 heteroatoms. The lowest BCUT2D eigenvalue weighted by molar-refractivity contribution is 0.0524. The summed E-state index contributed by atoms with van der Waals surface area (Å²) in [5.41, 5.74) is 1.11. The molecule has 1 aromatic rings. The zero-order valence-electron chi connectivity index (χ0n) is 12.1. The molecule has 0 bridgehead atoms. The van der Waals surface area contributed by atoms with Crippen molar-refractivity contribution < 1.29 is 4.74 Å². The molecule has 3 unspecified atom stereocenters. The monoisotopic (exact) mass is 328 g/mol. The van der Waals surface area contributed by atoms with Crippen LogP contribution in [0.15, 0.2) is 18.2 Å². The Morgan fingerprint density at radius 3 is 2.95 bits per heavy atom. The predicted molar refractivity (Wildman–Crippen MR) is 87.0 cm³/mol. The van der Waals surface area contributed by atoms with E-state index in [0.29, 0.717) is 23.0 Å². The van der Waals surface area contributed by atoms with Gasteiger partial charge in [0.25, 0.3) is 0 Å². The maximum atomic E-state index is 6.24. The summed E-state index contributed by atoms with van der Waals surface area (Å²) in [6.07, 6.45) is 3.79. The van der Waals surface area contributed by atoms with E-state index in [1.165, 1.54) is 19.3 Å². The van der Waals surface area contributed by atoms with Gasteiger partial charge in [-0.25, -0.2) is 0 Å². The van der Waals surface area contributed by atoms with E-state index < -0.39 is 0 Å². The Morgan fingerprint density at radius 1 is 1.29 bits per heavy atom. The average molecular weight is 329 g/mol. The molecule has 0 radical (unpaired) electrons. The molecule has 21 heavy (non-hydrogen) atoms. The first-order chi connectivity index (χ1) is 10.2. The molecule has 1 aliphatic carbocycles. The summed E-state index contributed by atoms with van der Waals surface area (Å²) in [6, 6.07) is 6.73. The van der Waals surface area contributed by atoms with Crippen molar-refractivity contribution in [1.29, 1.82) is 0 Å². The van der Waals surface area contributed by atoms with Crippen LogP contribution in [-0.4, -0.2) is 31.8 Å². The van der Waals surface area contributed by atoms with Crippen LogP contribution in [0.25, 0.3) is 0 Å². The van der Waals surface area contributed by atoms with Gasteiger partial charge in [-0.05, 0) is 36.5 Å². The summed E-state index contributed by atoms with van der Waals surface area (Å²) in [7, 11) is 0. The summed E-state index contributed by atoms with van der Waals surface area (Å²) in [5, 5.41) is 8.71. The molecule has 1 saturated heterocycles. The largest absolute Gasteiger partial charge is 0.379 e. The topological polar surface area (TPSA) is 33.3 Å². The standard InChI is InChI=1S/C16H22Cl2N2O/c17-12-5-4-11(14(18)8-12)9-20-15-3-1-2-13(15)16-10-21-7-6-19-16/h4-5,8,13,15-16,19-20H,1-3,6-7,9-10H2. The summed E-state index contributed by atoms with van der Waals surface area (Å²) in [6.45, 7) is 3.44. The van der Waals surface area contributed by atoms with Crippen molar-refractivity contribution in [2.75, 3.05) is 19.8 Å². The van der Waals surface area contributed by atoms with Crippen LogP contribution >= 0.6 is 23.2 Å². The van der Waals surface area contributed by atoms with Crippen LogP contribution in [-0.2, 0) is 11.3 Å². The quantitative estimate of drug-likeness (QED) is 0.890. The third-order valence-electron chi connectivity index (χ3n) is 4.61. The highest BCUT2D eigenvalue weighted by molar-refractivity contribution is 6.35. The van der Waals surface area contributed by atoms with Gasteiger partial charge in [0.1, 0.15) is 0 Å². The lowest BCUT2D eigenvalue weighted by Gasteiger charge is -2.33. The van der Waals surface area contributed by atoms with Crippen molar-refractivity contribution in [3.05, 3.63) is 33.8 Å². The minimum Gasteiger partial charge on any atom is -0.379 e. The van der Waals surface area contributed by atoms with Crippen LogP contribution in [0.2, 0.25) is 10.0 Å². The highest BCUT2D eigenvalue weighted by atomic mass is 35.5. The van der Waals surface area contributed by atoms with Crippen molar-refractivity contribution in [1.82, 2.24) is 10.6 Å². The molecule has 1 aromatic carbocycles. The average Bonchev–Trinajstić information content (AvgIpc) is 2.96. The minimum atomic E-state index is 0.486. The Kier molecular flexibility index (Phi) is 5.41. The SMILES string of the molecule is Clc1ccc(CNC2CCCC2C2COCCN2)c(Cl)c1. The molecule has 2 fully saturated rings. The number of hydrogen-bond donors (Lipinski definition) is 2. The van der Waals surface area contributed by atoms with E-state index in [1.54, 1.807) is 0 Å². The van der Waals surface area contributed by atoms with Gasteiger partial charge in [0.2, 0.25) is 0 Å². The first-order valence-corrected chi connectivity index (χ1v) is 8.48. The number of morpholine rings is 1. The number of benzene rings is 1. The first-order valence-electron chi connectivity index (χ1n) is 7.72. The van der Waals surface area contributed by atoms with E-state index >= 15 is 0 Å². The van der Waals surface area contributed by atoms with Gasteiger partial charge in [0, 0.05) is 35.2 Å². The third kappa shape index (κ3) is 3.91. The fourth-order valence-electron chi connectivity index (χ4n) is 3.49. The van der Waals surface area contributed by atoms with Crippen molar-refractivity contribution in [3.8, 4) is 0 Å². The molecule has 3 rings (SSSR count). The molecule has 3 nitrogen and oxygen atoms in total.